The van der Waals surface area contributed by atoms with Crippen molar-refractivity contribution in [2.75, 3.05) is 14.1 Å². The van der Waals surface area contributed by atoms with Gasteiger partial charge in [-0.3, -0.25) is 19.3 Å². The van der Waals surface area contributed by atoms with Crippen LogP contribution < -0.4 is 5.73 Å². The molecule has 0 saturated carbocycles. The first-order chi connectivity index (χ1) is 16.5. The van der Waals surface area contributed by atoms with Crippen LogP contribution >= 0.6 is 0 Å². The summed E-state index contributed by atoms with van der Waals surface area (Å²) in [5.74, 6) is -6.32. The average molecular weight is 485 g/mol. The van der Waals surface area contributed by atoms with Crippen LogP contribution in [0.25, 0.3) is 0 Å². The van der Waals surface area contributed by atoms with Crippen LogP contribution in [0.15, 0.2) is 34.8 Å². The van der Waals surface area contributed by atoms with E-state index in [9.17, 15) is 34.8 Å². The van der Waals surface area contributed by atoms with E-state index in [1.165, 1.54) is 6.07 Å². The molecule has 3 aliphatic rings. The zero-order valence-corrected chi connectivity index (χ0v) is 20.2. The molecule has 35 heavy (non-hydrogen) atoms. The number of primary amides is 1. The van der Waals surface area contributed by atoms with Crippen LogP contribution in [0.5, 0.6) is 5.75 Å². The van der Waals surface area contributed by atoms with Gasteiger partial charge in [-0.05, 0) is 62.9 Å². The highest BCUT2D eigenvalue weighted by atomic mass is 16.3. The lowest BCUT2D eigenvalue weighted by Crippen LogP contribution is -2.63. The van der Waals surface area contributed by atoms with Crippen molar-refractivity contribution in [3.8, 4) is 5.75 Å². The number of phenols is 1. The molecule has 4 rings (SSSR count). The fourth-order valence-electron chi connectivity index (χ4n) is 6.11. The van der Waals surface area contributed by atoms with Gasteiger partial charge in [-0.25, -0.2) is 0 Å². The standard InChI is InChI=1S/C26H32N2O7/c1-4-5-6-7-12-8-9-16(29)18-14(12)10-13-11-15-20(28(2)3)22(31)19(25(27)34)24(33)26(15,35)23(32)17(13)21(18)30/h8-9,13,15,20,29,31-32,35H,4-7,10-11H2,1-3H3,(H2,27,34)/t13-,15-,20-,26-/m0/s1. The van der Waals surface area contributed by atoms with Gasteiger partial charge in [0.05, 0.1) is 11.6 Å². The number of fused-ring (bicyclic) bond motifs is 3. The molecule has 9 nitrogen and oxygen atoms in total. The third kappa shape index (κ3) is 3.56. The van der Waals surface area contributed by atoms with E-state index in [1.54, 1.807) is 19.0 Å². The van der Waals surface area contributed by atoms with Gasteiger partial charge >= 0.3 is 0 Å². The van der Waals surface area contributed by atoms with Crippen molar-refractivity contribution in [1.29, 1.82) is 0 Å². The molecule has 1 aromatic rings. The van der Waals surface area contributed by atoms with Gasteiger partial charge in [0.1, 0.15) is 22.8 Å². The van der Waals surface area contributed by atoms with Crippen LogP contribution in [0, 0.1) is 11.8 Å². The van der Waals surface area contributed by atoms with Crippen molar-refractivity contribution in [2.45, 2.75) is 57.1 Å². The summed E-state index contributed by atoms with van der Waals surface area (Å²) in [4.78, 5) is 40.4. The van der Waals surface area contributed by atoms with E-state index in [0.29, 0.717) is 12.0 Å². The molecule has 0 aliphatic heterocycles. The molecule has 0 unspecified atom stereocenters. The zero-order valence-electron chi connectivity index (χ0n) is 20.2. The molecule has 0 radical (unpaired) electrons. The molecule has 1 amide bonds. The number of aromatic hydroxyl groups is 1. The van der Waals surface area contributed by atoms with Crippen LogP contribution in [-0.4, -0.2) is 68.5 Å². The number of hydrogen-bond donors (Lipinski definition) is 5. The van der Waals surface area contributed by atoms with Gasteiger partial charge in [0.25, 0.3) is 5.91 Å². The van der Waals surface area contributed by atoms with Crippen molar-refractivity contribution >= 4 is 17.5 Å². The van der Waals surface area contributed by atoms with Crippen LogP contribution in [-0.2, 0) is 22.4 Å². The molecule has 3 aliphatic carbocycles. The number of unbranched alkanes of at least 4 members (excludes halogenated alkanes) is 2. The lowest BCUT2D eigenvalue weighted by atomic mass is 9.58. The number of Topliss-reactive ketones (excluding diaryl/α,β-unsaturated/α-hetero) is 2. The fraction of sp³-hybridized carbons (Fsp3) is 0.500. The highest BCUT2D eigenvalue weighted by Gasteiger charge is 2.63. The molecule has 9 heteroatoms. The molecule has 0 bridgehead atoms. The van der Waals surface area contributed by atoms with Crippen LogP contribution in [0.4, 0.5) is 0 Å². The smallest absolute Gasteiger partial charge is 0.255 e. The summed E-state index contributed by atoms with van der Waals surface area (Å²) in [6.45, 7) is 2.10. The number of aryl methyl sites for hydroxylation is 1. The number of ketones is 2. The van der Waals surface area contributed by atoms with E-state index in [-0.39, 0.29) is 23.3 Å². The number of phenolic OH excluding ortho intramolecular Hbond substituents is 1. The minimum absolute atomic E-state index is 0.0692. The number of likely N-dealkylation sites (N-methyl/N-ethyl adjacent to an activating group) is 1. The predicted octanol–water partition coefficient (Wildman–Crippen LogP) is 1.85. The van der Waals surface area contributed by atoms with Gasteiger partial charge in [-0.15, -0.1) is 0 Å². The Morgan fingerprint density at radius 2 is 1.86 bits per heavy atom. The van der Waals surface area contributed by atoms with E-state index in [4.69, 9.17) is 5.73 Å². The first-order valence-electron chi connectivity index (χ1n) is 11.9. The van der Waals surface area contributed by atoms with Gasteiger partial charge in [0, 0.05) is 11.5 Å². The third-order valence-corrected chi connectivity index (χ3v) is 7.75. The summed E-state index contributed by atoms with van der Waals surface area (Å²) >= 11 is 0. The topological polar surface area (TPSA) is 161 Å². The second-order valence-corrected chi connectivity index (χ2v) is 10.0. The zero-order chi connectivity index (χ0) is 25.8. The van der Waals surface area contributed by atoms with Crippen molar-refractivity contribution in [1.82, 2.24) is 4.90 Å². The Morgan fingerprint density at radius 3 is 2.46 bits per heavy atom. The highest BCUT2D eigenvalue weighted by Crippen LogP contribution is 2.52. The summed E-state index contributed by atoms with van der Waals surface area (Å²) in [7, 11) is 3.22. The molecule has 0 fully saturated rings. The molecule has 1 aromatic carbocycles. The summed E-state index contributed by atoms with van der Waals surface area (Å²) in [5, 5.41) is 44.2. The molecule has 0 saturated heterocycles. The molecule has 0 aromatic heterocycles. The Bertz CT molecular complexity index is 1180. The number of nitrogens with zero attached hydrogens (tertiary/aromatic N) is 1. The molecular formula is C26H32N2O7. The average Bonchev–Trinajstić information content (AvgIpc) is 2.77. The minimum atomic E-state index is -2.61. The van der Waals surface area contributed by atoms with Crippen molar-refractivity contribution < 1.29 is 34.8 Å². The molecule has 0 heterocycles. The van der Waals surface area contributed by atoms with E-state index in [1.807, 2.05) is 6.07 Å². The largest absolute Gasteiger partial charge is 0.510 e. The number of aliphatic hydroxyl groups excluding tert-OH is 2. The first-order valence-corrected chi connectivity index (χ1v) is 11.9. The number of carbonyl (C=O) groups is 3. The number of carbonyl (C=O) groups excluding carboxylic acids is 3. The summed E-state index contributed by atoms with van der Waals surface area (Å²) in [6.07, 6.45) is 4.13. The second kappa shape index (κ2) is 8.80. The normalized spacial score (nSPS) is 28.2. The van der Waals surface area contributed by atoms with Crippen molar-refractivity contribution in [3.63, 3.8) is 0 Å². The Morgan fingerprint density at radius 1 is 1.17 bits per heavy atom. The van der Waals surface area contributed by atoms with Crippen LogP contribution in [0.3, 0.4) is 0 Å². The van der Waals surface area contributed by atoms with E-state index in [0.717, 1.165) is 31.2 Å². The quantitative estimate of drug-likeness (QED) is 0.302. The third-order valence-electron chi connectivity index (χ3n) is 7.75. The van der Waals surface area contributed by atoms with Gasteiger partial charge in [-0.1, -0.05) is 25.8 Å². The Labute approximate surface area is 203 Å². The van der Waals surface area contributed by atoms with Gasteiger partial charge in [0.15, 0.2) is 11.4 Å². The van der Waals surface area contributed by atoms with Crippen molar-refractivity contribution in [2.24, 2.45) is 17.6 Å². The van der Waals surface area contributed by atoms with E-state index >= 15 is 0 Å². The monoisotopic (exact) mass is 484 g/mol. The van der Waals surface area contributed by atoms with Crippen molar-refractivity contribution in [3.05, 3.63) is 51.5 Å². The van der Waals surface area contributed by atoms with Gasteiger partial charge in [0.2, 0.25) is 5.78 Å². The first kappa shape index (κ1) is 24.9. The van der Waals surface area contributed by atoms with Gasteiger partial charge in [-0.2, -0.15) is 0 Å². The highest BCUT2D eigenvalue weighted by molar-refractivity contribution is 6.24. The number of aliphatic hydroxyl groups is 3. The molecule has 188 valence electrons. The number of nitrogens with two attached hydrogens (primary N) is 1. The predicted molar refractivity (Wildman–Crippen MR) is 127 cm³/mol. The lowest BCUT2D eigenvalue weighted by Gasteiger charge is -2.50. The lowest BCUT2D eigenvalue weighted by molar-refractivity contribution is -0.148. The van der Waals surface area contributed by atoms with Gasteiger partial charge < -0.3 is 26.2 Å². The second-order valence-electron chi connectivity index (χ2n) is 10.0. The molecule has 0 spiro atoms. The van der Waals surface area contributed by atoms with E-state index in [2.05, 4.69) is 6.92 Å². The number of allylic oxidation sites excluding steroid dienone is 1. The molecular weight excluding hydrogens is 452 g/mol. The Kier molecular flexibility index (Phi) is 6.27. The Balaban J connectivity index is 1.89. The maximum Gasteiger partial charge on any atom is 0.255 e. The Hall–Kier alpha value is -3.17. The number of rotatable bonds is 6. The minimum Gasteiger partial charge on any atom is -0.510 e. The summed E-state index contributed by atoms with van der Waals surface area (Å²) < 4.78 is 0. The molecule has 4 atom stereocenters. The summed E-state index contributed by atoms with van der Waals surface area (Å²) in [6, 6.07) is 2.27. The number of amides is 1. The summed E-state index contributed by atoms with van der Waals surface area (Å²) in [5.41, 5.74) is 3.51. The fourth-order valence-corrected chi connectivity index (χ4v) is 6.11. The number of hydrogen-bond acceptors (Lipinski definition) is 8. The van der Waals surface area contributed by atoms with Crippen LogP contribution in [0.2, 0.25) is 0 Å². The maximum absolute atomic E-state index is 13.6. The SMILES string of the molecule is CCCCCc1ccc(O)c2c1C[C@H]1C[C@H]3[C@H](N(C)C)C(O)=C(C(N)=O)C(=O)[C@@]3(O)C(O)=C1C2=O. The maximum atomic E-state index is 13.6. The van der Waals surface area contributed by atoms with E-state index < -0.39 is 58.0 Å². The number of benzene rings is 1. The van der Waals surface area contributed by atoms with Crippen LogP contribution in [0.1, 0.15) is 54.1 Å². The molecule has 6 N–H and O–H groups in total.